The van der Waals surface area contributed by atoms with Crippen molar-refractivity contribution in [2.24, 2.45) is 5.73 Å². The number of pyridine rings is 1. The Labute approximate surface area is 79.8 Å². The molecule has 0 aliphatic rings. The molecule has 0 atom stereocenters. The first-order chi connectivity index (χ1) is 6.63. The van der Waals surface area contributed by atoms with Gasteiger partial charge in [-0.15, -0.1) is 0 Å². The van der Waals surface area contributed by atoms with Gasteiger partial charge < -0.3 is 16.2 Å². The van der Waals surface area contributed by atoms with Crippen LogP contribution in [0.5, 0.6) is 0 Å². The third-order valence-electron chi connectivity index (χ3n) is 1.45. The number of amides is 1. The highest BCUT2D eigenvalue weighted by Crippen LogP contribution is 2.05. The molecule has 1 heterocycles. The number of nitrogens with one attached hydrogen (secondary N) is 1. The summed E-state index contributed by atoms with van der Waals surface area (Å²) < 4.78 is 0. The summed E-state index contributed by atoms with van der Waals surface area (Å²) in [5, 5.41) is 11.0. The smallest absolute Gasteiger partial charge is 0.354 e. The summed E-state index contributed by atoms with van der Waals surface area (Å²) in [6.45, 7) is -0.124. The van der Waals surface area contributed by atoms with Crippen molar-refractivity contribution < 1.29 is 14.7 Å². The lowest BCUT2D eigenvalue weighted by molar-refractivity contribution is -0.114. The second-order valence-corrected chi connectivity index (χ2v) is 2.49. The number of hydrogen-bond donors (Lipinski definition) is 3. The molecule has 0 radical (unpaired) electrons. The van der Waals surface area contributed by atoms with Crippen molar-refractivity contribution in [1.29, 1.82) is 0 Å². The van der Waals surface area contributed by atoms with Crippen LogP contribution in [-0.4, -0.2) is 28.5 Å². The number of rotatable bonds is 3. The Morgan fingerprint density at radius 2 is 2.21 bits per heavy atom. The molecule has 0 saturated carbocycles. The molecule has 1 amide bonds. The van der Waals surface area contributed by atoms with Crippen molar-refractivity contribution in [1.82, 2.24) is 4.98 Å². The van der Waals surface area contributed by atoms with Crippen LogP contribution in [0.4, 0.5) is 5.69 Å². The summed E-state index contributed by atoms with van der Waals surface area (Å²) in [5.74, 6) is -1.46. The van der Waals surface area contributed by atoms with E-state index in [2.05, 4.69) is 10.3 Å². The summed E-state index contributed by atoms with van der Waals surface area (Å²) in [6, 6.07) is 2.75. The Morgan fingerprint density at radius 3 is 2.64 bits per heavy atom. The zero-order valence-electron chi connectivity index (χ0n) is 7.23. The normalized spacial score (nSPS) is 9.50. The molecule has 4 N–H and O–H groups in total. The van der Waals surface area contributed by atoms with Gasteiger partial charge in [0.05, 0.1) is 18.4 Å². The molecular formula is C8H9N3O3. The van der Waals surface area contributed by atoms with Gasteiger partial charge in [-0.05, 0) is 12.1 Å². The van der Waals surface area contributed by atoms with Crippen molar-refractivity contribution in [2.75, 3.05) is 11.9 Å². The Morgan fingerprint density at radius 1 is 1.50 bits per heavy atom. The van der Waals surface area contributed by atoms with Gasteiger partial charge in [-0.1, -0.05) is 0 Å². The lowest BCUT2D eigenvalue weighted by atomic mass is 10.3. The number of nitrogens with zero attached hydrogens (tertiary/aromatic N) is 1. The van der Waals surface area contributed by atoms with E-state index in [0.29, 0.717) is 5.69 Å². The van der Waals surface area contributed by atoms with E-state index >= 15 is 0 Å². The molecule has 0 saturated heterocycles. The van der Waals surface area contributed by atoms with E-state index < -0.39 is 5.97 Å². The fourth-order valence-electron chi connectivity index (χ4n) is 0.806. The fraction of sp³-hybridized carbons (Fsp3) is 0.125. The molecule has 74 valence electrons. The van der Waals surface area contributed by atoms with Gasteiger partial charge in [-0.3, -0.25) is 4.79 Å². The number of carboxylic acid groups (broad SMARTS) is 1. The molecule has 0 aromatic carbocycles. The van der Waals surface area contributed by atoms with Crippen LogP contribution in [0.15, 0.2) is 18.3 Å². The third-order valence-corrected chi connectivity index (χ3v) is 1.45. The molecule has 0 unspecified atom stereocenters. The monoisotopic (exact) mass is 195 g/mol. The summed E-state index contributed by atoms with van der Waals surface area (Å²) in [4.78, 5) is 24.9. The molecule has 1 aromatic rings. The molecule has 0 aliphatic heterocycles. The number of nitrogens with two attached hydrogens (primary N) is 1. The molecule has 0 aliphatic carbocycles. The third kappa shape index (κ3) is 2.53. The summed E-state index contributed by atoms with van der Waals surface area (Å²) in [7, 11) is 0. The number of anilines is 1. The molecule has 0 fully saturated rings. The Bertz CT molecular complexity index is 347. The molecule has 1 rings (SSSR count). The molecule has 0 spiro atoms. The average Bonchev–Trinajstić information content (AvgIpc) is 2.18. The lowest BCUT2D eigenvalue weighted by Gasteiger charge is -2.02. The van der Waals surface area contributed by atoms with Crippen molar-refractivity contribution in [3.63, 3.8) is 0 Å². The number of carbonyl (C=O) groups excluding carboxylic acids is 1. The first kappa shape index (κ1) is 10.1. The van der Waals surface area contributed by atoms with Crippen LogP contribution >= 0.6 is 0 Å². The van der Waals surface area contributed by atoms with Crippen molar-refractivity contribution >= 4 is 17.6 Å². The predicted octanol–water partition coefficient (Wildman–Crippen LogP) is -0.323. The van der Waals surface area contributed by atoms with Gasteiger partial charge in [0.15, 0.2) is 0 Å². The highest BCUT2D eigenvalue weighted by atomic mass is 16.4. The maximum absolute atomic E-state index is 10.8. The van der Waals surface area contributed by atoms with Crippen LogP contribution in [0, 0.1) is 0 Å². The topological polar surface area (TPSA) is 105 Å². The quantitative estimate of drug-likeness (QED) is 0.612. The van der Waals surface area contributed by atoms with Crippen molar-refractivity contribution in [2.45, 2.75) is 0 Å². The zero-order valence-corrected chi connectivity index (χ0v) is 7.23. The highest BCUT2D eigenvalue weighted by Gasteiger charge is 2.04. The summed E-state index contributed by atoms with van der Waals surface area (Å²) >= 11 is 0. The maximum atomic E-state index is 10.8. The van der Waals surface area contributed by atoms with E-state index in [0.717, 1.165) is 0 Å². The Kier molecular flexibility index (Phi) is 3.14. The van der Waals surface area contributed by atoms with E-state index in [1.807, 2.05) is 0 Å². The highest BCUT2D eigenvalue weighted by molar-refractivity contribution is 5.92. The second-order valence-electron chi connectivity index (χ2n) is 2.49. The molecule has 6 heteroatoms. The van der Waals surface area contributed by atoms with Crippen LogP contribution in [0.25, 0.3) is 0 Å². The Hall–Kier alpha value is -1.95. The average molecular weight is 195 g/mol. The van der Waals surface area contributed by atoms with Gasteiger partial charge in [0.1, 0.15) is 5.69 Å². The number of aromatic nitrogens is 1. The SMILES string of the molecule is NCC(=O)Nc1ccc(C(=O)O)nc1. The Balaban J connectivity index is 2.73. The molecule has 14 heavy (non-hydrogen) atoms. The molecule has 0 bridgehead atoms. The molecule has 6 nitrogen and oxygen atoms in total. The minimum absolute atomic E-state index is 0.0734. The van der Waals surface area contributed by atoms with E-state index in [1.165, 1.54) is 18.3 Å². The van der Waals surface area contributed by atoms with Crippen LogP contribution < -0.4 is 11.1 Å². The van der Waals surface area contributed by atoms with Crippen LogP contribution in [0.2, 0.25) is 0 Å². The first-order valence-corrected chi connectivity index (χ1v) is 3.82. The zero-order chi connectivity index (χ0) is 10.6. The van der Waals surface area contributed by atoms with Gasteiger partial charge in [0.25, 0.3) is 0 Å². The van der Waals surface area contributed by atoms with E-state index in [-0.39, 0.29) is 18.1 Å². The fourth-order valence-corrected chi connectivity index (χ4v) is 0.806. The van der Waals surface area contributed by atoms with Gasteiger partial charge in [0.2, 0.25) is 5.91 Å². The maximum Gasteiger partial charge on any atom is 0.354 e. The van der Waals surface area contributed by atoms with Gasteiger partial charge in [-0.25, -0.2) is 9.78 Å². The van der Waals surface area contributed by atoms with E-state index in [1.54, 1.807) is 0 Å². The minimum atomic E-state index is -1.11. The van der Waals surface area contributed by atoms with Gasteiger partial charge in [-0.2, -0.15) is 0 Å². The lowest BCUT2D eigenvalue weighted by Crippen LogP contribution is -2.21. The largest absolute Gasteiger partial charge is 0.477 e. The van der Waals surface area contributed by atoms with Gasteiger partial charge >= 0.3 is 5.97 Å². The molecule has 1 aromatic heterocycles. The number of carboxylic acids is 1. The molecular weight excluding hydrogens is 186 g/mol. The number of hydrogen-bond acceptors (Lipinski definition) is 4. The van der Waals surface area contributed by atoms with E-state index in [9.17, 15) is 9.59 Å². The first-order valence-electron chi connectivity index (χ1n) is 3.82. The number of carbonyl (C=O) groups is 2. The van der Waals surface area contributed by atoms with Crippen LogP contribution in [0.1, 0.15) is 10.5 Å². The summed E-state index contributed by atoms with van der Waals surface area (Å²) in [6.07, 6.45) is 1.26. The predicted molar refractivity (Wildman–Crippen MR) is 48.9 cm³/mol. The minimum Gasteiger partial charge on any atom is -0.477 e. The number of aromatic carboxylic acids is 1. The van der Waals surface area contributed by atoms with Crippen molar-refractivity contribution in [3.05, 3.63) is 24.0 Å². The van der Waals surface area contributed by atoms with Crippen molar-refractivity contribution in [3.8, 4) is 0 Å². The van der Waals surface area contributed by atoms with Crippen LogP contribution in [0.3, 0.4) is 0 Å². The van der Waals surface area contributed by atoms with E-state index in [4.69, 9.17) is 10.8 Å². The van der Waals surface area contributed by atoms with Crippen LogP contribution in [-0.2, 0) is 4.79 Å². The summed E-state index contributed by atoms with van der Waals surface area (Å²) in [5.41, 5.74) is 5.42. The standard InChI is InChI=1S/C8H9N3O3/c9-3-7(12)11-5-1-2-6(8(13)14)10-4-5/h1-2,4H,3,9H2,(H,11,12)(H,13,14). The second kappa shape index (κ2) is 4.33. The van der Waals surface area contributed by atoms with Gasteiger partial charge in [0, 0.05) is 0 Å².